The molecule has 2 aromatic heterocycles. The largest absolute Gasteiger partial charge is 0.389 e. The first kappa shape index (κ1) is 23.7. The molecule has 0 spiro atoms. The van der Waals surface area contributed by atoms with Crippen molar-refractivity contribution >= 4 is 34.7 Å². The molecule has 0 amide bonds. The highest BCUT2D eigenvalue weighted by Gasteiger charge is 2.25. The monoisotopic (exact) mass is 481 g/mol. The van der Waals surface area contributed by atoms with Crippen LogP contribution in [-0.2, 0) is 0 Å². The molecule has 11 nitrogen and oxygen atoms in total. The molecule has 5 N–H and O–H groups in total. The molecule has 0 aliphatic heterocycles. The Hall–Kier alpha value is -3.48. The Morgan fingerprint density at radius 3 is 2.71 bits per heavy atom. The zero-order chi connectivity index (χ0) is 24.5. The van der Waals surface area contributed by atoms with E-state index in [1.807, 2.05) is 6.07 Å². The highest BCUT2D eigenvalue weighted by Crippen LogP contribution is 2.34. The van der Waals surface area contributed by atoms with Crippen molar-refractivity contribution in [3.05, 3.63) is 40.2 Å². The quantitative estimate of drug-likeness (QED) is 0.305. The number of nitrogens with one attached hydrogen (secondary N) is 3. The number of anilines is 3. The molecule has 0 radical (unpaired) electrons. The van der Waals surface area contributed by atoms with Gasteiger partial charge in [-0.25, -0.2) is 4.98 Å². The SMILES string of the molecule is CC(C)(O)CNCC(O)c1cc(C#N)cc(Nc2nc(NC3CC3)c3ncc(C#N)n3n2)c1Cl. The molecule has 12 heteroatoms. The molecule has 176 valence electrons. The number of hydrogen-bond acceptors (Lipinski definition) is 10. The number of imidazole rings is 1. The zero-order valence-corrected chi connectivity index (χ0v) is 19.4. The Morgan fingerprint density at radius 1 is 1.29 bits per heavy atom. The van der Waals surface area contributed by atoms with Gasteiger partial charge in [-0.05, 0) is 38.8 Å². The van der Waals surface area contributed by atoms with E-state index in [1.165, 1.54) is 22.8 Å². The average molecular weight is 482 g/mol. The number of nitrogens with zero attached hydrogens (tertiary/aromatic N) is 6. The van der Waals surface area contributed by atoms with Crippen LogP contribution >= 0.6 is 11.6 Å². The fraction of sp³-hybridized carbons (Fsp3) is 0.409. The summed E-state index contributed by atoms with van der Waals surface area (Å²) in [6, 6.07) is 7.44. The molecule has 1 unspecified atom stereocenters. The maximum atomic E-state index is 10.7. The van der Waals surface area contributed by atoms with E-state index in [0.29, 0.717) is 22.7 Å². The van der Waals surface area contributed by atoms with Crippen molar-refractivity contribution in [2.75, 3.05) is 23.7 Å². The minimum Gasteiger partial charge on any atom is -0.389 e. The summed E-state index contributed by atoms with van der Waals surface area (Å²) in [6.45, 7) is 3.69. The lowest BCUT2D eigenvalue weighted by Gasteiger charge is -2.21. The van der Waals surface area contributed by atoms with Gasteiger partial charge in [0, 0.05) is 24.7 Å². The van der Waals surface area contributed by atoms with Gasteiger partial charge in [0.25, 0.3) is 0 Å². The molecule has 1 fully saturated rings. The molecule has 1 aromatic carbocycles. The van der Waals surface area contributed by atoms with E-state index < -0.39 is 11.7 Å². The summed E-state index contributed by atoms with van der Waals surface area (Å²) in [6.07, 6.45) is 2.43. The highest BCUT2D eigenvalue weighted by atomic mass is 35.5. The first-order valence-corrected chi connectivity index (χ1v) is 11.1. The third-order valence-electron chi connectivity index (χ3n) is 5.13. The smallest absolute Gasteiger partial charge is 0.247 e. The van der Waals surface area contributed by atoms with Crippen molar-refractivity contribution in [2.45, 2.75) is 44.4 Å². The van der Waals surface area contributed by atoms with Crippen LogP contribution in [0.3, 0.4) is 0 Å². The van der Waals surface area contributed by atoms with Crippen LogP contribution in [-0.4, -0.2) is 54.5 Å². The van der Waals surface area contributed by atoms with Crippen LogP contribution in [0.2, 0.25) is 5.02 Å². The Kier molecular flexibility index (Phi) is 6.55. The predicted octanol–water partition coefficient (Wildman–Crippen LogP) is 2.23. The highest BCUT2D eigenvalue weighted by molar-refractivity contribution is 6.34. The van der Waals surface area contributed by atoms with E-state index in [1.54, 1.807) is 13.8 Å². The normalized spacial score (nSPS) is 14.4. The van der Waals surface area contributed by atoms with Crippen molar-refractivity contribution in [3.8, 4) is 12.1 Å². The van der Waals surface area contributed by atoms with Gasteiger partial charge >= 0.3 is 0 Å². The van der Waals surface area contributed by atoms with Gasteiger partial charge in [-0.2, -0.15) is 20.0 Å². The number of fused-ring (bicyclic) bond motifs is 1. The molecule has 34 heavy (non-hydrogen) atoms. The van der Waals surface area contributed by atoms with Crippen molar-refractivity contribution in [1.82, 2.24) is 24.9 Å². The molecule has 4 rings (SSSR count). The lowest BCUT2D eigenvalue weighted by Crippen LogP contribution is -2.36. The first-order valence-electron chi connectivity index (χ1n) is 10.7. The van der Waals surface area contributed by atoms with Crippen LogP contribution in [0.4, 0.5) is 17.5 Å². The fourth-order valence-corrected chi connectivity index (χ4v) is 3.60. The van der Waals surface area contributed by atoms with Crippen molar-refractivity contribution in [2.24, 2.45) is 0 Å². The maximum Gasteiger partial charge on any atom is 0.247 e. The third kappa shape index (κ3) is 5.35. The summed E-state index contributed by atoms with van der Waals surface area (Å²) in [4.78, 5) is 8.75. The molecule has 1 atom stereocenters. The van der Waals surface area contributed by atoms with Gasteiger partial charge < -0.3 is 26.2 Å². The molecule has 1 aliphatic rings. The first-order chi connectivity index (χ1) is 16.2. The Bertz CT molecular complexity index is 1300. The van der Waals surface area contributed by atoms with Crippen LogP contribution in [0.5, 0.6) is 0 Å². The van der Waals surface area contributed by atoms with Gasteiger partial charge in [-0.3, -0.25) is 0 Å². The zero-order valence-electron chi connectivity index (χ0n) is 18.7. The Balaban J connectivity index is 1.66. The molecular formula is C22H24ClN9O2. The Labute approximate surface area is 201 Å². The lowest BCUT2D eigenvalue weighted by atomic mass is 10.0. The summed E-state index contributed by atoms with van der Waals surface area (Å²) in [5.74, 6) is 0.618. The molecule has 1 aliphatic carbocycles. The molecule has 2 heterocycles. The van der Waals surface area contributed by atoms with E-state index in [0.717, 1.165) is 12.8 Å². The van der Waals surface area contributed by atoms with Crippen LogP contribution in [0, 0.1) is 22.7 Å². The van der Waals surface area contributed by atoms with Crippen LogP contribution in [0.1, 0.15) is 49.6 Å². The minimum absolute atomic E-state index is 0.122. The molecule has 0 bridgehead atoms. The van der Waals surface area contributed by atoms with Crippen LogP contribution in [0.25, 0.3) is 5.65 Å². The topological polar surface area (TPSA) is 167 Å². The van der Waals surface area contributed by atoms with Crippen molar-refractivity contribution in [1.29, 1.82) is 10.5 Å². The second-order valence-electron chi connectivity index (χ2n) is 8.82. The Morgan fingerprint density at radius 2 is 2.06 bits per heavy atom. The average Bonchev–Trinajstić information content (AvgIpc) is 3.50. The number of nitriles is 2. The number of rotatable bonds is 9. The molecule has 1 saturated carbocycles. The summed E-state index contributed by atoms with van der Waals surface area (Å²) >= 11 is 6.59. The van der Waals surface area contributed by atoms with Gasteiger partial charge in [0.2, 0.25) is 5.95 Å². The summed E-state index contributed by atoms with van der Waals surface area (Å²) < 4.78 is 1.39. The number of aliphatic hydroxyl groups excluding tert-OH is 1. The van der Waals surface area contributed by atoms with Gasteiger partial charge in [0.15, 0.2) is 17.2 Å². The predicted molar refractivity (Wildman–Crippen MR) is 126 cm³/mol. The summed E-state index contributed by atoms with van der Waals surface area (Å²) in [5.41, 5.74) is 0.672. The second-order valence-corrected chi connectivity index (χ2v) is 9.19. The van der Waals surface area contributed by atoms with Crippen molar-refractivity contribution < 1.29 is 10.2 Å². The van der Waals surface area contributed by atoms with Crippen LogP contribution in [0.15, 0.2) is 18.3 Å². The van der Waals surface area contributed by atoms with E-state index in [-0.39, 0.29) is 41.4 Å². The van der Waals surface area contributed by atoms with Gasteiger partial charge in [0.1, 0.15) is 6.07 Å². The lowest BCUT2D eigenvalue weighted by molar-refractivity contribution is 0.0740. The maximum absolute atomic E-state index is 10.7. The standard InChI is InChI=1S/C22H24ClN9O2/c1-22(2,34)11-26-10-17(33)15-5-12(7-24)6-16(18(15)23)29-21-30-19(28-13-3-4-13)20-27-9-14(8-25)32(20)31-21/h5-6,9,13,17,26,33-34H,3-4,10-11H2,1-2H3,(H2,28,29,30,31). The number of benzene rings is 1. The van der Waals surface area contributed by atoms with Gasteiger partial charge in [-0.15, -0.1) is 5.10 Å². The number of aliphatic hydroxyl groups is 2. The molecule has 0 saturated heterocycles. The van der Waals surface area contributed by atoms with Crippen molar-refractivity contribution in [3.63, 3.8) is 0 Å². The number of aromatic nitrogens is 4. The summed E-state index contributed by atoms with van der Waals surface area (Å²) in [5, 5.41) is 53.3. The number of hydrogen-bond donors (Lipinski definition) is 5. The van der Waals surface area contributed by atoms with Gasteiger partial charge in [0.05, 0.1) is 40.2 Å². The van der Waals surface area contributed by atoms with Gasteiger partial charge in [-0.1, -0.05) is 11.6 Å². The number of halogens is 1. The van der Waals surface area contributed by atoms with E-state index in [9.17, 15) is 20.7 Å². The van der Waals surface area contributed by atoms with E-state index in [2.05, 4.69) is 37.1 Å². The second kappa shape index (κ2) is 9.41. The third-order valence-corrected chi connectivity index (χ3v) is 5.55. The van der Waals surface area contributed by atoms with Crippen LogP contribution < -0.4 is 16.0 Å². The van der Waals surface area contributed by atoms with E-state index >= 15 is 0 Å². The fourth-order valence-electron chi connectivity index (χ4n) is 3.32. The van der Waals surface area contributed by atoms with E-state index in [4.69, 9.17) is 11.6 Å². The molecule has 3 aromatic rings. The summed E-state index contributed by atoms with van der Waals surface area (Å²) in [7, 11) is 0. The minimum atomic E-state index is -1.03. The molecular weight excluding hydrogens is 458 g/mol.